The lowest BCUT2D eigenvalue weighted by Crippen LogP contribution is -2.03. The largest absolute Gasteiger partial charge is 0.399 e. The summed E-state index contributed by atoms with van der Waals surface area (Å²) in [6.07, 6.45) is 0. The van der Waals surface area contributed by atoms with E-state index in [4.69, 9.17) is 10.8 Å². The first-order chi connectivity index (χ1) is 9.60. The molecule has 0 saturated heterocycles. The van der Waals surface area contributed by atoms with Gasteiger partial charge in [0.25, 0.3) is 5.69 Å². The van der Waals surface area contributed by atoms with Crippen molar-refractivity contribution in [2.24, 2.45) is 0 Å². The Morgan fingerprint density at radius 1 is 1.15 bits per heavy atom. The normalized spacial score (nSPS) is 10.2. The molecule has 0 radical (unpaired) electrons. The highest BCUT2D eigenvalue weighted by molar-refractivity contribution is 5.66. The Hall–Kier alpha value is -2.60. The number of nitrogen functional groups attached to an aromatic ring is 1. The second-order valence-corrected chi connectivity index (χ2v) is 4.36. The zero-order valence-corrected chi connectivity index (χ0v) is 10.7. The third kappa shape index (κ3) is 3.24. The Balaban J connectivity index is 2.12. The Morgan fingerprint density at radius 3 is 2.40 bits per heavy atom. The van der Waals surface area contributed by atoms with E-state index in [-0.39, 0.29) is 12.3 Å². The molecule has 0 unspecified atom stereocenters. The van der Waals surface area contributed by atoms with Crippen molar-refractivity contribution in [2.75, 3.05) is 11.1 Å². The topological polar surface area (TPSA) is 101 Å². The molecule has 0 fully saturated rings. The Morgan fingerprint density at radius 2 is 1.80 bits per heavy atom. The maximum absolute atomic E-state index is 11.0. The highest BCUT2D eigenvalue weighted by atomic mass is 16.6. The van der Waals surface area contributed by atoms with Crippen molar-refractivity contribution >= 4 is 17.1 Å². The molecule has 0 aliphatic heterocycles. The van der Waals surface area contributed by atoms with Crippen molar-refractivity contribution in [2.45, 2.75) is 13.2 Å². The van der Waals surface area contributed by atoms with E-state index in [1.807, 2.05) is 24.3 Å². The second kappa shape index (κ2) is 6.03. The van der Waals surface area contributed by atoms with E-state index in [2.05, 4.69) is 5.32 Å². The van der Waals surface area contributed by atoms with Crippen LogP contribution in [0.25, 0.3) is 0 Å². The summed E-state index contributed by atoms with van der Waals surface area (Å²) in [7, 11) is 0. The number of hydrogen-bond donors (Lipinski definition) is 3. The number of rotatable bonds is 5. The van der Waals surface area contributed by atoms with Gasteiger partial charge in [0.05, 0.1) is 11.5 Å². The summed E-state index contributed by atoms with van der Waals surface area (Å²) in [6, 6.07) is 11.9. The minimum Gasteiger partial charge on any atom is -0.399 e. The highest BCUT2D eigenvalue weighted by Crippen LogP contribution is 2.27. The van der Waals surface area contributed by atoms with Gasteiger partial charge in [0, 0.05) is 18.3 Å². The first-order valence-corrected chi connectivity index (χ1v) is 6.06. The Kier molecular flexibility index (Phi) is 4.17. The monoisotopic (exact) mass is 273 g/mol. The van der Waals surface area contributed by atoms with Crippen LogP contribution in [-0.4, -0.2) is 10.0 Å². The lowest BCUT2D eigenvalue weighted by molar-refractivity contribution is -0.383. The van der Waals surface area contributed by atoms with Gasteiger partial charge in [-0.2, -0.15) is 0 Å². The molecule has 0 aliphatic carbocycles. The van der Waals surface area contributed by atoms with E-state index in [1.54, 1.807) is 12.1 Å². The molecule has 0 aliphatic rings. The van der Waals surface area contributed by atoms with E-state index in [9.17, 15) is 10.1 Å². The van der Waals surface area contributed by atoms with Gasteiger partial charge in [0.15, 0.2) is 0 Å². The lowest BCUT2D eigenvalue weighted by Gasteiger charge is -2.08. The first-order valence-electron chi connectivity index (χ1n) is 6.06. The SMILES string of the molecule is Nc1ccc(NCc2ccc(CO)cc2)c([N+](=O)[O-])c1. The summed E-state index contributed by atoms with van der Waals surface area (Å²) >= 11 is 0. The fraction of sp³-hybridized carbons (Fsp3) is 0.143. The number of benzene rings is 2. The van der Waals surface area contributed by atoms with Gasteiger partial charge in [-0.15, -0.1) is 0 Å². The van der Waals surface area contributed by atoms with Crippen LogP contribution in [0.2, 0.25) is 0 Å². The van der Waals surface area contributed by atoms with Crippen LogP contribution < -0.4 is 11.1 Å². The van der Waals surface area contributed by atoms with Crippen LogP contribution >= 0.6 is 0 Å². The van der Waals surface area contributed by atoms with Crippen molar-refractivity contribution in [3.63, 3.8) is 0 Å². The maximum atomic E-state index is 11.0. The van der Waals surface area contributed by atoms with Crippen LogP contribution in [0, 0.1) is 10.1 Å². The molecule has 6 heteroatoms. The molecule has 4 N–H and O–H groups in total. The fourth-order valence-corrected chi connectivity index (χ4v) is 1.81. The second-order valence-electron chi connectivity index (χ2n) is 4.36. The number of aliphatic hydroxyl groups excluding tert-OH is 1. The molecule has 2 rings (SSSR count). The van der Waals surface area contributed by atoms with Crippen LogP contribution in [0.5, 0.6) is 0 Å². The minimum absolute atomic E-state index is 0.00283. The number of nitro benzene ring substituents is 1. The zero-order valence-electron chi connectivity index (χ0n) is 10.7. The molecule has 0 bridgehead atoms. The van der Waals surface area contributed by atoms with Crippen LogP contribution in [0.1, 0.15) is 11.1 Å². The summed E-state index contributed by atoms with van der Waals surface area (Å²) in [5.41, 5.74) is 8.08. The molecular formula is C14H15N3O3. The quantitative estimate of drug-likeness (QED) is 0.440. The molecule has 0 heterocycles. The summed E-state index contributed by atoms with van der Waals surface area (Å²) in [5, 5.41) is 22.9. The molecule has 2 aromatic rings. The molecule has 0 amide bonds. The van der Waals surface area contributed by atoms with Crippen molar-refractivity contribution in [1.82, 2.24) is 0 Å². The van der Waals surface area contributed by atoms with E-state index >= 15 is 0 Å². The van der Waals surface area contributed by atoms with Crippen molar-refractivity contribution in [1.29, 1.82) is 0 Å². The van der Waals surface area contributed by atoms with E-state index in [1.165, 1.54) is 6.07 Å². The standard InChI is InChI=1S/C14H15N3O3/c15-12-5-6-13(14(7-12)17(19)20)16-8-10-1-3-11(9-18)4-2-10/h1-7,16,18H,8-9,15H2. The van der Waals surface area contributed by atoms with Crippen LogP contribution in [0.4, 0.5) is 17.1 Å². The van der Waals surface area contributed by atoms with Crippen molar-refractivity contribution < 1.29 is 10.0 Å². The van der Waals surface area contributed by atoms with Gasteiger partial charge in [-0.05, 0) is 23.3 Å². The minimum atomic E-state index is -0.465. The molecule has 20 heavy (non-hydrogen) atoms. The number of hydrogen-bond acceptors (Lipinski definition) is 5. The van der Waals surface area contributed by atoms with E-state index in [0.717, 1.165) is 11.1 Å². The summed E-state index contributed by atoms with van der Waals surface area (Å²) in [5.74, 6) is 0. The number of anilines is 2. The lowest BCUT2D eigenvalue weighted by atomic mass is 10.1. The molecule has 0 atom stereocenters. The summed E-state index contributed by atoms with van der Waals surface area (Å²) in [4.78, 5) is 10.5. The first kappa shape index (κ1) is 13.8. The van der Waals surface area contributed by atoms with E-state index < -0.39 is 4.92 Å². The van der Waals surface area contributed by atoms with Gasteiger partial charge in [0.1, 0.15) is 5.69 Å². The van der Waals surface area contributed by atoms with Crippen LogP contribution in [0.3, 0.4) is 0 Å². The number of nitrogens with one attached hydrogen (secondary N) is 1. The molecule has 2 aromatic carbocycles. The van der Waals surface area contributed by atoms with Gasteiger partial charge in [-0.3, -0.25) is 10.1 Å². The van der Waals surface area contributed by atoms with E-state index in [0.29, 0.717) is 17.9 Å². The average Bonchev–Trinajstić information content (AvgIpc) is 2.46. The van der Waals surface area contributed by atoms with Crippen molar-refractivity contribution in [3.05, 3.63) is 63.7 Å². The molecule has 0 aromatic heterocycles. The molecule has 0 spiro atoms. The number of nitrogens with two attached hydrogens (primary N) is 1. The Bertz CT molecular complexity index is 612. The van der Waals surface area contributed by atoms with Crippen molar-refractivity contribution in [3.8, 4) is 0 Å². The number of nitro groups is 1. The van der Waals surface area contributed by atoms with Gasteiger partial charge < -0.3 is 16.2 Å². The predicted molar refractivity (Wildman–Crippen MR) is 77.2 cm³/mol. The van der Waals surface area contributed by atoms with Gasteiger partial charge in [0.2, 0.25) is 0 Å². The number of aliphatic hydroxyl groups is 1. The molecular weight excluding hydrogens is 258 g/mol. The van der Waals surface area contributed by atoms with Crippen LogP contribution in [-0.2, 0) is 13.2 Å². The van der Waals surface area contributed by atoms with Gasteiger partial charge in [-0.1, -0.05) is 24.3 Å². The molecule has 0 saturated carbocycles. The fourth-order valence-electron chi connectivity index (χ4n) is 1.81. The highest BCUT2D eigenvalue weighted by Gasteiger charge is 2.13. The molecule has 104 valence electrons. The summed E-state index contributed by atoms with van der Waals surface area (Å²) < 4.78 is 0. The number of nitrogens with zero attached hydrogens (tertiary/aromatic N) is 1. The third-order valence-corrected chi connectivity index (χ3v) is 2.91. The molecule has 6 nitrogen and oxygen atoms in total. The Labute approximate surface area is 116 Å². The third-order valence-electron chi connectivity index (χ3n) is 2.91. The summed E-state index contributed by atoms with van der Waals surface area (Å²) in [6.45, 7) is 0.452. The maximum Gasteiger partial charge on any atom is 0.294 e. The van der Waals surface area contributed by atoms with Gasteiger partial charge >= 0.3 is 0 Å². The smallest absolute Gasteiger partial charge is 0.294 e. The van der Waals surface area contributed by atoms with Gasteiger partial charge in [-0.25, -0.2) is 0 Å². The zero-order chi connectivity index (χ0) is 14.5. The van der Waals surface area contributed by atoms with Crippen LogP contribution in [0.15, 0.2) is 42.5 Å². The predicted octanol–water partition coefficient (Wildman–Crippen LogP) is 2.28. The average molecular weight is 273 g/mol.